The molecule has 0 spiro atoms. The maximum Gasteiger partial charge on any atom is 0.270 e. The monoisotopic (exact) mass is 324 g/mol. The number of non-ortho nitro benzene ring substituents is 1. The Hall–Kier alpha value is -1.92. The van der Waals surface area contributed by atoms with Gasteiger partial charge in [-0.2, -0.15) is 0 Å². The van der Waals surface area contributed by atoms with Gasteiger partial charge in [0.1, 0.15) is 0 Å². The molecule has 2 aromatic rings. The highest BCUT2D eigenvalue weighted by molar-refractivity contribution is 7.84. The lowest BCUT2D eigenvalue weighted by Gasteiger charge is -2.08. The summed E-state index contributed by atoms with van der Waals surface area (Å²) in [5.74, 6) is 0.157. The summed E-state index contributed by atoms with van der Waals surface area (Å²) in [4.78, 5) is 10.7. The number of benzene rings is 2. The van der Waals surface area contributed by atoms with Gasteiger partial charge in [-0.25, -0.2) is 0 Å². The lowest BCUT2D eigenvalue weighted by atomic mass is 10.2. The van der Waals surface area contributed by atoms with Crippen molar-refractivity contribution in [2.24, 2.45) is 0 Å². The number of hydrogen-bond acceptors (Lipinski definition) is 4. The van der Waals surface area contributed by atoms with Gasteiger partial charge >= 0.3 is 0 Å². The van der Waals surface area contributed by atoms with Crippen molar-refractivity contribution in [2.75, 3.05) is 5.73 Å². The van der Waals surface area contributed by atoms with Crippen molar-refractivity contribution in [3.05, 3.63) is 62.7 Å². The zero-order chi connectivity index (χ0) is 15.6. The number of anilines is 1. The number of rotatable bonds is 4. The van der Waals surface area contributed by atoms with Gasteiger partial charge in [0.2, 0.25) is 0 Å². The quantitative estimate of drug-likeness (QED) is 0.530. The van der Waals surface area contributed by atoms with Crippen LogP contribution < -0.4 is 5.73 Å². The van der Waals surface area contributed by atoms with Crippen molar-refractivity contribution >= 4 is 33.8 Å². The van der Waals surface area contributed by atoms with Crippen LogP contribution >= 0.6 is 11.6 Å². The molecule has 0 fully saturated rings. The minimum Gasteiger partial charge on any atom is -0.398 e. The van der Waals surface area contributed by atoms with E-state index in [0.717, 1.165) is 5.56 Å². The third kappa shape index (κ3) is 3.59. The van der Waals surface area contributed by atoms with E-state index in [0.29, 0.717) is 16.1 Å². The summed E-state index contributed by atoms with van der Waals surface area (Å²) in [6.45, 7) is 1.89. The predicted octanol–water partition coefficient (Wildman–Crippen LogP) is 3.45. The number of nitro benzene ring substituents is 1. The van der Waals surface area contributed by atoms with Gasteiger partial charge in [0.05, 0.1) is 31.4 Å². The Kier molecular flexibility index (Phi) is 4.59. The summed E-state index contributed by atoms with van der Waals surface area (Å²) in [5, 5.41) is 10.9. The Labute approximate surface area is 129 Å². The van der Waals surface area contributed by atoms with E-state index in [1.165, 1.54) is 18.2 Å². The summed E-state index contributed by atoms with van der Waals surface area (Å²) < 4.78 is 12.4. The summed E-state index contributed by atoms with van der Waals surface area (Å²) in [7, 11) is -1.36. The summed E-state index contributed by atoms with van der Waals surface area (Å²) in [5.41, 5.74) is 7.74. The molecule has 0 saturated heterocycles. The van der Waals surface area contributed by atoms with Crippen molar-refractivity contribution in [1.29, 1.82) is 0 Å². The molecular weight excluding hydrogens is 312 g/mol. The second-order valence-corrected chi connectivity index (χ2v) is 6.39. The van der Waals surface area contributed by atoms with Gasteiger partial charge in [-0.1, -0.05) is 17.7 Å². The average Bonchev–Trinajstić information content (AvgIpc) is 2.43. The van der Waals surface area contributed by atoms with Crippen molar-refractivity contribution < 1.29 is 9.13 Å². The topological polar surface area (TPSA) is 86.2 Å². The van der Waals surface area contributed by atoms with Gasteiger partial charge in [-0.05, 0) is 36.2 Å². The Balaban J connectivity index is 2.27. The highest BCUT2D eigenvalue weighted by Gasteiger charge is 2.14. The first-order valence-corrected chi connectivity index (χ1v) is 7.75. The molecule has 0 radical (unpaired) electrons. The van der Waals surface area contributed by atoms with Crippen LogP contribution in [0.1, 0.15) is 11.1 Å². The molecule has 0 aliphatic carbocycles. The molecule has 0 bridgehead atoms. The van der Waals surface area contributed by atoms with Crippen LogP contribution in [0.5, 0.6) is 0 Å². The fourth-order valence-corrected chi connectivity index (χ4v) is 3.48. The van der Waals surface area contributed by atoms with Crippen LogP contribution in [0.15, 0.2) is 41.3 Å². The van der Waals surface area contributed by atoms with E-state index in [2.05, 4.69) is 0 Å². The fourth-order valence-electron chi connectivity index (χ4n) is 1.82. The number of aryl methyl sites for hydroxylation is 1. The Morgan fingerprint density at radius 2 is 2.00 bits per heavy atom. The number of halogens is 1. The van der Waals surface area contributed by atoms with Gasteiger partial charge in [-0.3, -0.25) is 14.3 Å². The van der Waals surface area contributed by atoms with E-state index in [9.17, 15) is 14.3 Å². The Morgan fingerprint density at radius 1 is 1.29 bits per heavy atom. The van der Waals surface area contributed by atoms with Crippen LogP contribution in [0.25, 0.3) is 0 Å². The molecule has 5 nitrogen and oxygen atoms in total. The van der Waals surface area contributed by atoms with Crippen molar-refractivity contribution in [2.45, 2.75) is 17.6 Å². The summed E-state index contributed by atoms with van der Waals surface area (Å²) >= 11 is 6.01. The van der Waals surface area contributed by atoms with Gasteiger partial charge < -0.3 is 5.73 Å². The standard InChI is InChI=1S/C14H13ClN2O3S/c1-9-2-5-13(16)14(6-9)21(20)8-10-3-4-11(17(18)19)7-12(10)15/h2-7H,8,16H2,1H3. The summed E-state index contributed by atoms with van der Waals surface area (Å²) in [6.07, 6.45) is 0. The Bertz CT molecular complexity index is 734. The Morgan fingerprint density at radius 3 is 2.62 bits per heavy atom. The molecular formula is C14H13ClN2O3S. The lowest BCUT2D eigenvalue weighted by molar-refractivity contribution is -0.384. The molecule has 0 saturated carbocycles. The van der Waals surface area contributed by atoms with E-state index in [4.69, 9.17) is 17.3 Å². The van der Waals surface area contributed by atoms with Crippen LogP contribution in [-0.4, -0.2) is 9.13 Å². The molecule has 0 aromatic heterocycles. The van der Waals surface area contributed by atoms with Crippen molar-refractivity contribution in [3.8, 4) is 0 Å². The second kappa shape index (κ2) is 6.24. The van der Waals surface area contributed by atoms with Crippen LogP contribution in [0.2, 0.25) is 5.02 Å². The fraction of sp³-hybridized carbons (Fsp3) is 0.143. The highest BCUT2D eigenvalue weighted by Crippen LogP contribution is 2.26. The lowest BCUT2D eigenvalue weighted by Crippen LogP contribution is -2.02. The predicted molar refractivity (Wildman–Crippen MR) is 83.8 cm³/mol. The van der Waals surface area contributed by atoms with Gasteiger partial charge in [0.15, 0.2) is 0 Å². The number of nitrogens with two attached hydrogens (primary N) is 1. The number of nitrogen functional groups attached to an aromatic ring is 1. The molecule has 110 valence electrons. The van der Waals surface area contributed by atoms with E-state index >= 15 is 0 Å². The minimum atomic E-state index is -1.36. The molecule has 0 aliphatic heterocycles. The molecule has 7 heteroatoms. The van der Waals surface area contributed by atoms with Crippen LogP contribution in [0, 0.1) is 17.0 Å². The number of hydrogen-bond donors (Lipinski definition) is 1. The largest absolute Gasteiger partial charge is 0.398 e. The zero-order valence-electron chi connectivity index (χ0n) is 11.2. The molecule has 0 aliphatic rings. The maximum atomic E-state index is 12.4. The molecule has 1 atom stereocenters. The SMILES string of the molecule is Cc1ccc(N)c(S(=O)Cc2ccc([N+](=O)[O-])cc2Cl)c1. The third-order valence-electron chi connectivity index (χ3n) is 2.95. The summed E-state index contributed by atoms with van der Waals surface area (Å²) in [6, 6.07) is 9.44. The van der Waals surface area contributed by atoms with E-state index in [-0.39, 0.29) is 16.5 Å². The number of nitrogens with zero attached hydrogens (tertiary/aromatic N) is 1. The third-order valence-corrected chi connectivity index (χ3v) is 4.72. The minimum absolute atomic E-state index is 0.0930. The van der Waals surface area contributed by atoms with Crippen molar-refractivity contribution in [1.82, 2.24) is 0 Å². The highest BCUT2D eigenvalue weighted by atomic mass is 35.5. The van der Waals surface area contributed by atoms with Crippen LogP contribution in [0.4, 0.5) is 11.4 Å². The molecule has 2 aromatic carbocycles. The molecule has 2 N–H and O–H groups in total. The van der Waals surface area contributed by atoms with Gasteiger partial charge in [-0.15, -0.1) is 0 Å². The average molecular weight is 325 g/mol. The molecule has 1 unspecified atom stereocenters. The van der Waals surface area contributed by atoms with Gasteiger partial charge in [0.25, 0.3) is 5.69 Å². The zero-order valence-corrected chi connectivity index (χ0v) is 12.8. The van der Waals surface area contributed by atoms with Crippen LogP contribution in [0.3, 0.4) is 0 Å². The first-order chi connectivity index (χ1) is 9.88. The molecule has 21 heavy (non-hydrogen) atoms. The first-order valence-electron chi connectivity index (χ1n) is 6.06. The van der Waals surface area contributed by atoms with Crippen LogP contribution in [-0.2, 0) is 16.6 Å². The number of nitro groups is 1. The van der Waals surface area contributed by atoms with E-state index in [1.807, 2.05) is 13.0 Å². The normalized spacial score (nSPS) is 12.1. The second-order valence-electron chi connectivity index (χ2n) is 4.56. The molecule has 0 heterocycles. The van der Waals surface area contributed by atoms with E-state index in [1.54, 1.807) is 12.1 Å². The van der Waals surface area contributed by atoms with Crippen molar-refractivity contribution in [3.63, 3.8) is 0 Å². The molecule has 2 rings (SSSR count). The molecule has 0 amide bonds. The smallest absolute Gasteiger partial charge is 0.270 e. The maximum absolute atomic E-state index is 12.4. The van der Waals surface area contributed by atoms with Gasteiger partial charge in [0, 0.05) is 17.8 Å². The van der Waals surface area contributed by atoms with E-state index < -0.39 is 15.7 Å². The first kappa shape index (κ1) is 15.5.